The molecule has 2 aromatic rings. The number of rotatable bonds is 6. The molecule has 0 saturated carbocycles. The maximum Gasteiger partial charge on any atom is 0.119 e. The number of hydrogen-bond acceptors (Lipinski definition) is 3. The summed E-state index contributed by atoms with van der Waals surface area (Å²) in [6, 6.07) is 17.8. The Morgan fingerprint density at radius 2 is 1.74 bits per heavy atom. The summed E-state index contributed by atoms with van der Waals surface area (Å²) in [5.74, 6) is 6.87. The number of nitrogens with zero attached hydrogens (tertiary/aromatic N) is 1. The fourth-order valence-electron chi connectivity index (χ4n) is 1.75. The van der Waals surface area contributed by atoms with E-state index in [1.54, 1.807) is 11.1 Å². The molecule has 0 aromatic heterocycles. The van der Waals surface area contributed by atoms with E-state index in [4.69, 9.17) is 10.6 Å². The molecule has 0 heterocycles. The number of nitrogens with two attached hydrogens (primary N) is 1. The third-order valence-corrected chi connectivity index (χ3v) is 2.73. The molecule has 0 atom stereocenters. The van der Waals surface area contributed by atoms with Crippen LogP contribution in [0.1, 0.15) is 5.56 Å². The lowest BCUT2D eigenvalue weighted by Gasteiger charge is -2.18. The smallest absolute Gasteiger partial charge is 0.119 e. The van der Waals surface area contributed by atoms with Crippen molar-refractivity contribution in [1.29, 1.82) is 0 Å². The lowest BCUT2D eigenvalue weighted by molar-refractivity contribution is 0.363. The summed E-state index contributed by atoms with van der Waals surface area (Å²) < 4.78 is 5.44. The van der Waals surface area contributed by atoms with E-state index in [1.165, 1.54) is 0 Å². The maximum absolute atomic E-state index is 6.03. The summed E-state index contributed by atoms with van der Waals surface area (Å²) >= 11 is 0. The first-order chi connectivity index (χ1) is 9.29. The Balaban J connectivity index is 1.97. The highest BCUT2D eigenvalue weighted by atomic mass is 16.5. The molecule has 0 aliphatic rings. The minimum Gasteiger partial charge on any atom is -0.490 e. The summed E-state index contributed by atoms with van der Waals surface area (Å²) in [4.78, 5) is 0. The minimum atomic E-state index is 0.520. The molecule has 0 bridgehead atoms. The summed E-state index contributed by atoms with van der Waals surface area (Å²) in [5, 5.41) is 1.72. The largest absolute Gasteiger partial charge is 0.490 e. The van der Waals surface area contributed by atoms with Crippen molar-refractivity contribution in [2.75, 3.05) is 11.6 Å². The molecule has 0 saturated heterocycles. The molecule has 0 aliphatic carbocycles. The molecule has 0 radical (unpaired) electrons. The average molecular weight is 254 g/mol. The Hall–Kier alpha value is -2.26. The molecule has 2 N–H and O–H groups in total. The predicted molar refractivity (Wildman–Crippen MR) is 78.9 cm³/mol. The van der Waals surface area contributed by atoms with Crippen LogP contribution in [0.5, 0.6) is 5.75 Å². The first kappa shape index (κ1) is 13.2. The quantitative estimate of drug-likeness (QED) is 0.489. The van der Waals surface area contributed by atoms with Crippen molar-refractivity contribution in [3.8, 4) is 5.75 Å². The van der Waals surface area contributed by atoms with Gasteiger partial charge in [0.1, 0.15) is 12.4 Å². The van der Waals surface area contributed by atoms with Crippen molar-refractivity contribution in [2.24, 2.45) is 5.84 Å². The summed E-state index contributed by atoms with van der Waals surface area (Å²) in [6.07, 6.45) is 1.73. The van der Waals surface area contributed by atoms with E-state index in [1.807, 2.05) is 54.6 Å². The third-order valence-electron chi connectivity index (χ3n) is 2.73. The van der Waals surface area contributed by atoms with Crippen molar-refractivity contribution in [3.63, 3.8) is 0 Å². The van der Waals surface area contributed by atoms with Crippen LogP contribution in [-0.4, -0.2) is 6.61 Å². The molecule has 0 spiro atoms. The minimum absolute atomic E-state index is 0.520. The van der Waals surface area contributed by atoms with E-state index in [2.05, 4.69) is 6.58 Å². The summed E-state index contributed by atoms with van der Waals surface area (Å²) in [5.41, 5.74) is 2.13. The Morgan fingerprint density at radius 1 is 1.05 bits per heavy atom. The first-order valence-electron chi connectivity index (χ1n) is 6.19. The van der Waals surface area contributed by atoms with E-state index in [9.17, 15) is 0 Å². The highest BCUT2D eigenvalue weighted by Crippen LogP contribution is 2.16. The van der Waals surface area contributed by atoms with Crippen molar-refractivity contribution < 1.29 is 4.74 Å². The predicted octanol–water partition coefficient (Wildman–Crippen LogP) is 3.13. The zero-order valence-electron chi connectivity index (χ0n) is 10.8. The van der Waals surface area contributed by atoms with Gasteiger partial charge in [-0.1, -0.05) is 43.0 Å². The van der Waals surface area contributed by atoms with E-state index < -0.39 is 0 Å². The number of anilines is 1. The molecule has 3 heteroatoms. The monoisotopic (exact) mass is 254 g/mol. The van der Waals surface area contributed by atoms with E-state index in [0.717, 1.165) is 17.0 Å². The van der Waals surface area contributed by atoms with Gasteiger partial charge in [-0.2, -0.15) is 0 Å². The molecule has 0 unspecified atom stereocenters. The second kappa shape index (κ2) is 6.61. The van der Waals surface area contributed by atoms with Gasteiger partial charge in [-0.3, -0.25) is 0 Å². The lowest BCUT2D eigenvalue weighted by atomic mass is 10.2. The lowest BCUT2D eigenvalue weighted by Crippen LogP contribution is -2.29. The molecule has 2 aromatic carbocycles. The topological polar surface area (TPSA) is 38.5 Å². The SMILES string of the molecule is C=CCOc1ccc(CN(N)c2ccccc2)cc1. The molecule has 3 nitrogen and oxygen atoms in total. The number of hydrogen-bond donors (Lipinski definition) is 1. The van der Waals surface area contributed by atoms with Crippen LogP contribution >= 0.6 is 0 Å². The molecule has 2 rings (SSSR count). The molecule has 98 valence electrons. The van der Waals surface area contributed by atoms with Gasteiger partial charge in [-0.25, -0.2) is 5.84 Å². The van der Waals surface area contributed by atoms with Gasteiger partial charge >= 0.3 is 0 Å². The molecule has 19 heavy (non-hydrogen) atoms. The van der Waals surface area contributed by atoms with E-state index in [0.29, 0.717) is 13.2 Å². The Labute approximate surface area is 113 Å². The van der Waals surface area contributed by atoms with Crippen LogP contribution in [0.4, 0.5) is 5.69 Å². The van der Waals surface area contributed by atoms with Crippen LogP contribution in [0.2, 0.25) is 0 Å². The third kappa shape index (κ3) is 3.86. The van der Waals surface area contributed by atoms with Crippen LogP contribution in [0.15, 0.2) is 67.3 Å². The number of para-hydroxylation sites is 1. The zero-order chi connectivity index (χ0) is 13.5. The second-order valence-electron chi connectivity index (χ2n) is 4.21. The van der Waals surface area contributed by atoms with E-state index in [-0.39, 0.29) is 0 Å². The number of benzene rings is 2. The fourth-order valence-corrected chi connectivity index (χ4v) is 1.75. The standard InChI is InChI=1S/C16H18N2O/c1-2-12-19-16-10-8-14(9-11-16)13-18(17)15-6-4-3-5-7-15/h2-11H,1,12-13,17H2. The Morgan fingerprint density at radius 3 is 2.37 bits per heavy atom. The molecular weight excluding hydrogens is 236 g/mol. The van der Waals surface area contributed by atoms with Crippen LogP contribution < -0.4 is 15.6 Å². The zero-order valence-corrected chi connectivity index (χ0v) is 10.8. The Bertz CT molecular complexity index is 508. The van der Waals surface area contributed by atoms with Gasteiger partial charge < -0.3 is 9.75 Å². The highest BCUT2D eigenvalue weighted by molar-refractivity contribution is 5.45. The van der Waals surface area contributed by atoms with Crippen LogP contribution in [0.3, 0.4) is 0 Å². The summed E-state index contributed by atoms with van der Waals surface area (Å²) in [6.45, 7) is 4.80. The molecule has 0 aliphatic heterocycles. The van der Waals surface area contributed by atoms with Crippen molar-refractivity contribution in [1.82, 2.24) is 0 Å². The summed E-state index contributed by atoms with van der Waals surface area (Å²) in [7, 11) is 0. The van der Waals surface area contributed by atoms with Crippen molar-refractivity contribution in [2.45, 2.75) is 6.54 Å². The van der Waals surface area contributed by atoms with Crippen LogP contribution in [-0.2, 0) is 6.54 Å². The second-order valence-corrected chi connectivity index (χ2v) is 4.21. The van der Waals surface area contributed by atoms with Gasteiger partial charge in [0, 0.05) is 0 Å². The van der Waals surface area contributed by atoms with Gasteiger partial charge in [0.25, 0.3) is 0 Å². The molecular formula is C16H18N2O. The van der Waals surface area contributed by atoms with Gasteiger partial charge in [-0.05, 0) is 29.8 Å². The van der Waals surface area contributed by atoms with Gasteiger partial charge in [-0.15, -0.1) is 0 Å². The fraction of sp³-hybridized carbons (Fsp3) is 0.125. The molecule has 0 fully saturated rings. The van der Waals surface area contributed by atoms with Crippen LogP contribution in [0.25, 0.3) is 0 Å². The van der Waals surface area contributed by atoms with Gasteiger partial charge in [0.2, 0.25) is 0 Å². The first-order valence-corrected chi connectivity index (χ1v) is 6.19. The number of ether oxygens (including phenoxy) is 1. The van der Waals surface area contributed by atoms with Gasteiger partial charge in [0.05, 0.1) is 12.2 Å². The van der Waals surface area contributed by atoms with E-state index >= 15 is 0 Å². The van der Waals surface area contributed by atoms with Crippen molar-refractivity contribution in [3.05, 3.63) is 72.8 Å². The van der Waals surface area contributed by atoms with Crippen molar-refractivity contribution >= 4 is 5.69 Å². The normalized spacial score (nSPS) is 9.95. The molecule has 0 amide bonds. The maximum atomic E-state index is 6.03. The average Bonchev–Trinajstić information content (AvgIpc) is 2.47. The van der Waals surface area contributed by atoms with Crippen LogP contribution in [0, 0.1) is 0 Å². The van der Waals surface area contributed by atoms with Gasteiger partial charge in [0.15, 0.2) is 0 Å². The highest BCUT2D eigenvalue weighted by Gasteiger charge is 2.02. The number of hydrazine groups is 1. The Kier molecular flexibility index (Phi) is 4.59.